The molecule has 41 heavy (non-hydrogen) atoms. The van der Waals surface area contributed by atoms with Gasteiger partial charge in [0, 0.05) is 41.6 Å². The monoisotopic (exact) mass is 532 g/mol. The highest BCUT2D eigenvalue weighted by atomic mass is 16.5. The van der Waals surface area contributed by atoms with Crippen LogP contribution in [0.2, 0.25) is 0 Å². The smallest absolute Gasteiger partial charge is 0.120 e. The summed E-state index contributed by atoms with van der Waals surface area (Å²) < 4.78 is 5.39. The van der Waals surface area contributed by atoms with Crippen molar-refractivity contribution in [3.63, 3.8) is 0 Å². The van der Waals surface area contributed by atoms with E-state index in [1.54, 1.807) is 7.11 Å². The Kier molecular flexibility index (Phi) is 7.51. The number of anilines is 5. The van der Waals surface area contributed by atoms with Gasteiger partial charge in [-0.05, 0) is 82.9 Å². The third kappa shape index (κ3) is 5.70. The lowest BCUT2D eigenvalue weighted by Gasteiger charge is -2.26. The van der Waals surface area contributed by atoms with Gasteiger partial charge in [0.25, 0.3) is 0 Å². The highest BCUT2D eigenvalue weighted by Crippen LogP contribution is 2.37. The van der Waals surface area contributed by atoms with Crippen LogP contribution in [-0.4, -0.2) is 14.2 Å². The second-order valence-electron chi connectivity index (χ2n) is 9.94. The van der Waals surface area contributed by atoms with Crippen molar-refractivity contribution in [1.82, 2.24) is 0 Å². The molecular formula is C38H32N2O. The molecule has 0 saturated heterocycles. The van der Waals surface area contributed by atoms with Crippen molar-refractivity contribution >= 4 is 28.4 Å². The van der Waals surface area contributed by atoms with Crippen molar-refractivity contribution in [2.24, 2.45) is 0 Å². The lowest BCUT2D eigenvalue weighted by atomic mass is 10.0. The average Bonchev–Trinajstić information content (AvgIpc) is 3.06. The van der Waals surface area contributed by atoms with Gasteiger partial charge >= 0.3 is 0 Å². The second-order valence-corrected chi connectivity index (χ2v) is 9.94. The largest absolute Gasteiger partial charge is 0.497 e. The Labute approximate surface area is 242 Å². The van der Waals surface area contributed by atoms with E-state index >= 15 is 0 Å². The van der Waals surface area contributed by atoms with Crippen LogP contribution in [0.5, 0.6) is 5.75 Å². The summed E-state index contributed by atoms with van der Waals surface area (Å²) in [4.78, 5) is 4.46. The first-order chi connectivity index (χ1) is 20.2. The average molecular weight is 533 g/mol. The fourth-order valence-electron chi connectivity index (χ4n) is 5.11. The first kappa shape index (κ1) is 26.0. The summed E-state index contributed by atoms with van der Waals surface area (Å²) in [7, 11) is 3.77. The minimum Gasteiger partial charge on any atom is -0.497 e. The number of methoxy groups -OCH3 is 1. The summed E-state index contributed by atoms with van der Waals surface area (Å²) in [5.74, 6) is 0.850. The van der Waals surface area contributed by atoms with Gasteiger partial charge in [-0.25, -0.2) is 0 Å². The van der Waals surface area contributed by atoms with Gasteiger partial charge in [0.05, 0.1) is 7.11 Å². The quantitative estimate of drug-likeness (QED) is 0.194. The SMILES string of the molecule is COc1cccc(N(C)c2ccc(-c3ccc(N(c4ccccc4)c4ccc(-c5ccccc5)cc4)cc3)cc2)c1. The number of ether oxygens (including phenoxy) is 1. The van der Waals surface area contributed by atoms with Crippen LogP contribution >= 0.6 is 0 Å². The van der Waals surface area contributed by atoms with Crippen molar-refractivity contribution < 1.29 is 4.74 Å². The zero-order valence-electron chi connectivity index (χ0n) is 23.3. The van der Waals surface area contributed by atoms with Crippen molar-refractivity contribution in [3.05, 3.63) is 158 Å². The van der Waals surface area contributed by atoms with Gasteiger partial charge in [-0.3, -0.25) is 0 Å². The molecule has 0 heterocycles. The molecule has 0 bridgehead atoms. The van der Waals surface area contributed by atoms with Crippen LogP contribution in [0.3, 0.4) is 0 Å². The molecule has 0 fully saturated rings. The van der Waals surface area contributed by atoms with Crippen molar-refractivity contribution in [1.29, 1.82) is 0 Å². The third-order valence-electron chi connectivity index (χ3n) is 7.40. The topological polar surface area (TPSA) is 15.7 Å². The number of benzene rings is 6. The summed E-state index contributed by atoms with van der Waals surface area (Å²) in [6, 6.07) is 55.4. The summed E-state index contributed by atoms with van der Waals surface area (Å²) in [6.45, 7) is 0. The van der Waals surface area contributed by atoms with Crippen molar-refractivity contribution in [3.8, 4) is 28.0 Å². The van der Waals surface area contributed by atoms with Crippen LogP contribution in [0.25, 0.3) is 22.3 Å². The number of hydrogen-bond acceptors (Lipinski definition) is 3. The van der Waals surface area contributed by atoms with Gasteiger partial charge < -0.3 is 14.5 Å². The highest BCUT2D eigenvalue weighted by Gasteiger charge is 2.13. The molecule has 6 aromatic carbocycles. The number of hydrogen-bond donors (Lipinski definition) is 0. The molecule has 0 N–H and O–H groups in total. The molecule has 0 amide bonds. The molecular weight excluding hydrogens is 500 g/mol. The Bertz CT molecular complexity index is 1700. The molecule has 0 aromatic heterocycles. The molecule has 6 rings (SSSR count). The predicted molar refractivity (Wildman–Crippen MR) is 173 cm³/mol. The molecule has 200 valence electrons. The van der Waals surface area contributed by atoms with Crippen molar-refractivity contribution in [2.45, 2.75) is 0 Å². The molecule has 0 unspecified atom stereocenters. The van der Waals surface area contributed by atoms with Gasteiger partial charge in [-0.2, -0.15) is 0 Å². The number of nitrogens with zero attached hydrogens (tertiary/aromatic N) is 2. The van der Waals surface area contributed by atoms with E-state index in [4.69, 9.17) is 4.74 Å². The van der Waals surface area contributed by atoms with Gasteiger partial charge in [0.2, 0.25) is 0 Å². The zero-order chi connectivity index (χ0) is 28.0. The molecule has 0 aliphatic heterocycles. The summed E-state index contributed by atoms with van der Waals surface area (Å²) in [6.07, 6.45) is 0. The van der Waals surface area contributed by atoms with Crippen LogP contribution < -0.4 is 14.5 Å². The van der Waals surface area contributed by atoms with E-state index in [-0.39, 0.29) is 0 Å². The third-order valence-corrected chi connectivity index (χ3v) is 7.40. The van der Waals surface area contributed by atoms with Gasteiger partial charge in [-0.15, -0.1) is 0 Å². The van der Waals surface area contributed by atoms with E-state index in [1.807, 2.05) is 24.3 Å². The van der Waals surface area contributed by atoms with Crippen LogP contribution in [-0.2, 0) is 0 Å². The maximum Gasteiger partial charge on any atom is 0.120 e. The van der Waals surface area contributed by atoms with Crippen LogP contribution in [0, 0.1) is 0 Å². The van der Waals surface area contributed by atoms with Crippen LogP contribution in [0.15, 0.2) is 158 Å². The normalized spacial score (nSPS) is 10.7. The molecule has 6 aromatic rings. The minimum atomic E-state index is 0.850. The van der Waals surface area contributed by atoms with Crippen LogP contribution in [0.4, 0.5) is 28.4 Å². The van der Waals surface area contributed by atoms with Crippen molar-refractivity contribution in [2.75, 3.05) is 24.0 Å². The lowest BCUT2D eigenvalue weighted by Crippen LogP contribution is -2.09. The van der Waals surface area contributed by atoms with E-state index < -0.39 is 0 Å². The summed E-state index contributed by atoms with van der Waals surface area (Å²) in [5, 5.41) is 0. The fraction of sp³-hybridized carbons (Fsp3) is 0.0526. The molecule has 0 atom stereocenters. The molecule has 0 aliphatic carbocycles. The second kappa shape index (κ2) is 11.8. The fourth-order valence-corrected chi connectivity index (χ4v) is 5.11. The minimum absolute atomic E-state index is 0.850. The maximum absolute atomic E-state index is 5.39. The van der Waals surface area contributed by atoms with Gasteiger partial charge in [-0.1, -0.05) is 91.0 Å². The van der Waals surface area contributed by atoms with Gasteiger partial charge in [0.1, 0.15) is 5.75 Å². The first-order valence-corrected chi connectivity index (χ1v) is 13.8. The van der Waals surface area contributed by atoms with E-state index in [0.717, 1.165) is 34.2 Å². The maximum atomic E-state index is 5.39. The predicted octanol–water partition coefficient (Wildman–Crippen LogP) is 10.3. The Morgan fingerprint density at radius 3 is 1.32 bits per heavy atom. The Balaban J connectivity index is 1.26. The van der Waals surface area contributed by atoms with E-state index in [2.05, 4.69) is 150 Å². The molecule has 0 aliphatic rings. The highest BCUT2D eigenvalue weighted by molar-refractivity contribution is 5.80. The van der Waals surface area contributed by atoms with E-state index in [0.29, 0.717) is 0 Å². The standard InChI is InChI=1S/C38H32N2O/c1-39(37-14-9-15-38(28-37)41-2)33-22-16-31(17-23-33)32-20-26-36(27-21-32)40(34-12-7-4-8-13-34)35-24-18-30(19-25-35)29-10-5-3-6-11-29/h3-28H,1-2H3. The number of para-hydroxylation sites is 1. The molecule has 0 saturated carbocycles. The molecule has 3 heteroatoms. The Hall–Kier alpha value is -5.28. The molecule has 3 nitrogen and oxygen atoms in total. The van der Waals surface area contributed by atoms with Gasteiger partial charge in [0.15, 0.2) is 0 Å². The zero-order valence-corrected chi connectivity index (χ0v) is 23.3. The first-order valence-electron chi connectivity index (χ1n) is 13.8. The number of rotatable bonds is 8. The van der Waals surface area contributed by atoms with E-state index in [9.17, 15) is 0 Å². The molecule has 0 spiro atoms. The summed E-state index contributed by atoms with van der Waals surface area (Å²) in [5.41, 5.74) is 10.3. The van der Waals surface area contributed by atoms with E-state index in [1.165, 1.54) is 22.3 Å². The molecule has 0 radical (unpaired) electrons. The van der Waals surface area contributed by atoms with Crippen LogP contribution in [0.1, 0.15) is 0 Å². The lowest BCUT2D eigenvalue weighted by molar-refractivity contribution is 0.415. The summed E-state index contributed by atoms with van der Waals surface area (Å²) >= 11 is 0. The Morgan fingerprint density at radius 1 is 0.390 bits per heavy atom. The Morgan fingerprint density at radius 2 is 0.805 bits per heavy atom.